The minimum Gasteiger partial charge on any atom is -0.331 e. The van der Waals surface area contributed by atoms with Gasteiger partial charge in [0.15, 0.2) is 0 Å². The Morgan fingerprint density at radius 2 is 2.00 bits per heavy atom. The summed E-state index contributed by atoms with van der Waals surface area (Å²) in [6.45, 7) is 2.52. The van der Waals surface area contributed by atoms with Crippen LogP contribution >= 0.6 is 0 Å². The van der Waals surface area contributed by atoms with Crippen LogP contribution < -0.4 is 5.32 Å². The van der Waals surface area contributed by atoms with Crippen LogP contribution in [0, 0.1) is 0 Å². The average Bonchev–Trinajstić information content (AvgIpc) is 3.17. The molecule has 2 heterocycles. The first-order valence-corrected chi connectivity index (χ1v) is 8.12. The Kier molecular flexibility index (Phi) is 5.09. The molecule has 0 saturated carbocycles. The van der Waals surface area contributed by atoms with E-state index in [0.29, 0.717) is 6.54 Å². The summed E-state index contributed by atoms with van der Waals surface area (Å²) in [4.78, 5) is 22.1. The standard InChI is InChI=1S/C19H21N5O/c1-15(17-4-3-5-18(12-17)24-11-10-21-14-24)22-19(25)23(2)13-16-6-8-20-9-7-16/h3-12,14-15H,13H2,1-2H3,(H,22,25). The molecule has 1 aromatic carbocycles. The van der Waals surface area contributed by atoms with Crippen molar-refractivity contribution >= 4 is 6.03 Å². The quantitative estimate of drug-likeness (QED) is 0.779. The predicted molar refractivity (Wildman–Crippen MR) is 96.2 cm³/mol. The monoisotopic (exact) mass is 335 g/mol. The molecule has 0 aliphatic carbocycles. The number of benzene rings is 1. The SMILES string of the molecule is CC(NC(=O)N(C)Cc1ccncc1)c1cccc(-n2ccnc2)c1. The minimum atomic E-state index is -0.114. The summed E-state index contributed by atoms with van der Waals surface area (Å²) >= 11 is 0. The Hall–Kier alpha value is -3.15. The number of nitrogens with one attached hydrogen (secondary N) is 1. The van der Waals surface area contributed by atoms with E-state index in [1.54, 1.807) is 36.9 Å². The van der Waals surface area contributed by atoms with Gasteiger partial charge in [0.1, 0.15) is 0 Å². The summed E-state index contributed by atoms with van der Waals surface area (Å²) in [7, 11) is 1.78. The van der Waals surface area contributed by atoms with Crippen molar-refractivity contribution in [1.29, 1.82) is 0 Å². The van der Waals surface area contributed by atoms with Crippen LogP contribution in [0.3, 0.4) is 0 Å². The van der Waals surface area contributed by atoms with Gasteiger partial charge in [-0.15, -0.1) is 0 Å². The molecule has 6 nitrogen and oxygen atoms in total. The summed E-state index contributed by atoms with van der Waals surface area (Å²) in [5.41, 5.74) is 3.10. The fraction of sp³-hybridized carbons (Fsp3) is 0.211. The van der Waals surface area contributed by atoms with Crippen LogP contribution in [0.15, 0.2) is 67.5 Å². The van der Waals surface area contributed by atoms with E-state index in [0.717, 1.165) is 16.8 Å². The molecule has 0 radical (unpaired) electrons. The smallest absolute Gasteiger partial charge is 0.317 e. The Bertz CT molecular complexity index is 817. The van der Waals surface area contributed by atoms with E-state index in [1.807, 2.05) is 48.0 Å². The number of hydrogen-bond acceptors (Lipinski definition) is 3. The summed E-state index contributed by atoms with van der Waals surface area (Å²) in [5, 5.41) is 3.04. The maximum absolute atomic E-state index is 12.4. The third-order valence-corrected chi connectivity index (χ3v) is 4.03. The second kappa shape index (κ2) is 7.61. The van der Waals surface area contributed by atoms with Gasteiger partial charge in [-0.1, -0.05) is 12.1 Å². The van der Waals surface area contributed by atoms with Crippen LogP contribution in [0.25, 0.3) is 5.69 Å². The molecule has 2 aromatic heterocycles. The number of rotatable bonds is 5. The number of carbonyl (C=O) groups excluding carboxylic acids is 1. The summed E-state index contributed by atoms with van der Waals surface area (Å²) in [6.07, 6.45) is 8.85. The van der Waals surface area contributed by atoms with Crippen molar-refractivity contribution in [2.75, 3.05) is 7.05 Å². The lowest BCUT2D eigenvalue weighted by molar-refractivity contribution is 0.203. The lowest BCUT2D eigenvalue weighted by atomic mass is 10.1. The molecule has 0 fully saturated rings. The number of carbonyl (C=O) groups is 1. The molecule has 1 unspecified atom stereocenters. The van der Waals surface area contributed by atoms with Crippen LogP contribution in [0.5, 0.6) is 0 Å². The maximum atomic E-state index is 12.4. The van der Waals surface area contributed by atoms with E-state index in [1.165, 1.54) is 0 Å². The molecule has 0 saturated heterocycles. The summed E-state index contributed by atoms with van der Waals surface area (Å²) in [5.74, 6) is 0. The highest BCUT2D eigenvalue weighted by Crippen LogP contribution is 2.17. The molecule has 25 heavy (non-hydrogen) atoms. The Morgan fingerprint density at radius 3 is 2.72 bits per heavy atom. The Morgan fingerprint density at radius 1 is 1.20 bits per heavy atom. The zero-order chi connectivity index (χ0) is 17.6. The predicted octanol–water partition coefficient (Wildman–Crippen LogP) is 3.17. The van der Waals surface area contributed by atoms with E-state index in [-0.39, 0.29) is 12.1 Å². The van der Waals surface area contributed by atoms with E-state index in [2.05, 4.69) is 21.4 Å². The van der Waals surface area contributed by atoms with E-state index >= 15 is 0 Å². The number of imidazole rings is 1. The molecular formula is C19H21N5O. The van der Waals surface area contributed by atoms with Crippen molar-refractivity contribution in [2.24, 2.45) is 0 Å². The van der Waals surface area contributed by atoms with Gasteiger partial charge in [0.2, 0.25) is 0 Å². The minimum absolute atomic E-state index is 0.101. The van der Waals surface area contributed by atoms with Crippen molar-refractivity contribution in [2.45, 2.75) is 19.5 Å². The van der Waals surface area contributed by atoms with Gasteiger partial charge in [-0.05, 0) is 42.3 Å². The van der Waals surface area contributed by atoms with Gasteiger partial charge in [-0.2, -0.15) is 0 Å². The molecule has 3 aromatic rings. The normalized spacial score (nSPS) is 11.8. The number of hydrogen-bond donors (Lipinski definition) is 1. The second-order valence-electron chi connectivity index (χ2n) is 5.95. The van der Waals surface area contributed by atoms with Gasteiger partial charge < -0.3 is 14.8 Å². The first-order chi connectivity index (χ1) is 12.1. The molecule has 6 heteroatoms. The lowest BCUT2D eigenvalue weighted by Gasteiger charge is -2.22. The van der Waals surface area contributed by atoms with Crippen molar-refractivity contribution in [3.05, 3.63) is 78.6 Å². The number of amides is 2. The van der Waals surface area contributed by atoms with Crippen molar-refractivity contribution < 1.29 is 4.79 Å². The molecule has 0 aliphatic rings. The van der Waals surface area contributed by atoms with Gasteiger partial charge in [0.05, 0.1) is 12.4 Å². The molecule has 0 bridgehead atoms. The topological polar surface area (TPSA) is 63.1 Å². The molecule has 1 N–H and O–H groups in total. The van der Waals surface area contributed by atoms with E-state index < -0.39 is 0 Å². The average molecular weight is 335 g/mol. The lowest BCUT2D eigenvalue weighted by Crippen LogP contribution is -2.38. The highest BCUT2D eigenvalue weighted by molar-refractivity contribution is 5.74. The zero-order valence-corrected chi connectivity index (χ0v) is 14.3. The fourth-order valence-corrected chi connectivity index (χ4v) is 2.58. The van der Waals surface area contributed by atoms with Crippen LogP contribution in [0.1, 0.15) is 24.1 Å². The molecular weight excluding hydrogens is 314 g/mol. The number of urea groups is 1. The van der Waals surface area contributed by atoms with Gasteiger partial charge in [0, 0.05) is 44.1 Å². The van der Waals surface area contributed by atoms with Crippen LogP contribution in [-0.2, 0) is 6.54 Å². The van der Waals surface area contributed by atoms with Crippen molar-refractivity contribution in [3.63, 3.8) is 0 Å². The van der Waals surface area contributed by atoms with E-state index in [9.17, 15) is 4.79 Å². The summed E-state index contributed by atoms with van der Waals surface area (Å²) < 4.78 is 1.94. The summed E-state index contributed by atoms with van der Waals surface area (Å²) in [6, 6.07) is 11.6. The first-order valence-electron chi connectivity index (χ1n) is 8.12. The van der Waals surface area contributed by atoms with Gasteiger partial charge in [-0.25, -0.2) is 9.78 Å². The molecule has 128 valence electrons. The number of aromatic nitrogens is 3. The third-order valence-electron chi connectivity index (χ3n) is 4.03. The van der Waals surface area contributed by atoms with Crippen molar-refractivity contribution in [3.8, 4) is 5.69 Å². The zero-order valence-electron chi connectivity index (χ0n) is 14.3. The third kappa shape index (κ3) is 4.23. The van der Waals surface area contributed by atoms with Crippen LogP contribution in [-0.4, -0.2) is 32.5 Å². The Labute approximate surface area is 147 Å². The fourth-order valence-electron chi connectivity index (χ4n) is 2.58. The molecule has 1 atom stereocenters. The largest absolute Gasteiger partial charge is 0.331 e. The molecule has 2 amide bonds. The van der Waals surface area contributed by atoms with Gasteiger partial charge in [-0.3, -0.25) is 4.98 Å². The molecule has 0 aliphatic heterocycles. The highest BCUT2D eigenvalue weighted by Gasteiger charge is 2.14. The maximum Gasteiger partial charge on any atom is 0.317 e. The number of pyridine rings is 1. The van der Waals surface area contributed by atoms with Crippen molar-refractivity contribution in [1.82, 2.24) is 24.8 Å². The van der Waals surface area contributed by atoms with Gasteiger partial charge in [0.25, 0.3) is 0 Å². The Balaban J connectivity index is 1.64. The molecule has 3 rings (SSSR count). The van der Waals surface area contributed by atoms with Gasteiger partial charge >= 0.3 is 6.03 Å². The first kappa shape index (κ1) is 16.7. The molecule has 0 spiro atoms. The highest BCUT2D eigenvalue weighted by atomic mass is 16.2. The van der Waals surface area contributed by atoms with Crippen LogP contribution in [0.2, 0.25) is 0 Å². The van der Waals surface area contributed by atoms with E-state index in [4.69, 9.17) is 0 Å². The van der Waals surface area contributed by atoms with Crippen LogP contribution in [0.4, 0.5) is 4.79 Å². The second-order valence-corrected chi connectivity index (χ2v) is 5.95. The number of nitrogens with zero attached hydrogens (tertiary/aromatic N) is 4.